The molecule has 2 heterocycles. The Morgan fingerprint density at radius 2 is 1.84 bits per heavy atom. The van der Waals surface area contributed by atoms with Crippen molar-refractivity contribution in [2.75, 3.05) is 5.32 Å². The lowest BCUT2D eigenvalue weighted by Crippen LogP contribution is -2.04. The molecule has 1 N–H and O–H groups in total. The van der Waals surface area contributed by atoms with Gasteiger partial charge in [-0.15, -0.1) is 0 Å². The second-order valence-corrected chi connectivity index (χ2v) is 5.34. The van der Waals surface area contributed by atoms with Gasteiger partial charge >= 0.3 is 11.6 Å². The highest BCUT2D eigenvalue weighted by Gasteiger charge is 2.25. The summed E-state index contributed by atoms with van der Waals surface area (Å²) in [4.78, 5) is 23.1. The minimum absolute atomic E-state index is 0.0141. The quantitative estimate of drug-likeness (QED) is 0.555. The number of pyridine rings is 1. The minimum atomic E-state index is -0.582. The van der Waals surface area contributed by atoms with Gasteiger partial charge in [0.05, 0.1) is 4.92 Å². The summed E-state index contributed by atoms with van der Waals surface area (Å²) in [7, 11) is 0. The third-order valence-corrected chi connectivity index (χ3v) is 3.34. The number of benzene rings is 1. The topological polar surface area (TPSA) is 103 Å². The van der Waals surface area contributed by atoms with Crippen LogP contribution in [0.5, 0.6) is 11.6 Å². The van der Waals surface area contributed by atoms with Crippen LogP contribution in [0.15, 0.2) is 48.8 Å². The Labute approximate surface area is 143 Å². The molecule has 8 nitrogen and oxygen atoms in total. The molecule has 2 aromatic heterocycles. The van der Waals surface area contributed by atoms with E-state index in [2.05, 4.69) is 20.3 Å². The zero-order valence-corrected chi connectivity index (χ0v) is 13.6. The maximum atomic E-state index is 11.5. The minimum Gasteiger partial charge on any atom is -0.434 e. The molecule has 0 aliphatic carbocycles. The number of anilines is 2. The fourth-order valence-corrected chi connectivity index (χ4v) is 2.15. The Hall–Kier alpha value is -3.55. The van der Waals surface area contributed by atoms with Crippen molar-refractivity contribution in [3.63, 3.8) is 0 Å². The Bertz CT molecular complexity index is 912. The molecule has 3 aromatic rings. The molecule has 0 aliphatic rings. The molecule has 0 radical (unpaired) electrons. The van der Waals surface area contributed by atoms with E-state index >= 15 is 0 Å². The lowest BCUT2D eigenvalue weighted by atomic mass is 10.2. The Kier molecular flexibility index (Phi) is 4.51. The van der Waals surface area contributed by atoms with Gasteiger partial charge in [-0.2, -0.15) is 4.98 Å². The summed E-state index contributed by atoms with van der Waals surface area (Å²) < 4.78 is 5.57. The predicted molar refractivity (Wildman–Crippen MR) is 92.2 cm³/mol. The Morgan fingerprint density at radius 3 is 2.52 bits per heavy atom. The van der Waals surface area contributed by atoms with Crippen molar-refractivity contribution in [1.82, 2.24) is 15.0 Å². The van der Waals surface area contributed by atoms with Crippen LogP contribution in [0.4, 0.5) is 17.3 Å². The van der Waals surface area contributed by atoms with Crippen LogP contribution in [0, 0.1) is 24.0 Å². The van der Waals surface area contributed by atoms with Crippen LogP contribution < -0.4 is 10.1 Å². The molecule has 0 saturated heterocycles. The summed E-state index contributed by atoms with van der Waals surface area (Å²) in [6.07, 6.45) is 1.20. The number of aromatic nitrogens is 3. The first-order valence-corrected chi connectivity index (χ1v) is 7.47. The summed E-state index contributed by atoms with van der Waals surface area (Å²) in [5, 5.41) is 14.4. The average molecular weight is 337 g/mol. The summed E-state index contributed by atoms with van der Waals surface area (Å²) in [5.41, 5.74) is 1.47. The summed E-state index contributed by atoms with van der Waals surface area (Å²) in [5.74, 6) is 0.773. The van der Waals surface area contributed by atoms with Crippen LogP contribution in [-0.2, 0) is 0 Å². The SMILES string of the molecule is Cc1ccc(Oc2ncnc(Nc3cccc(C)n3)c2[N+](=O)[O-])cc1. The number of hydrogen-bond donors (Lipinski definition) is 1. The molecular formula is C17H15N5O3. The van der Waals surface area contributed by atoms with Crippen LogP contribution in [0.3, 0.4) is 0 Å². The van der Waals surface area contributed by atoms with Gasteiger partial charge in [-0.25, -0.2) is 9.97 Å². The van der Waals surface area contributed by atoms with Gasteiger partial charge in [-0.05, 0) is 38.1 Å². The molecule has 0 atom stereocenters. The third-order valence-electron chi connectivity index (χ3n) is 3.34. The van der Waals surface area contributed by atoms with E-state index < -0.39 is 4.92 Å². The number of rotatable bonds is 5. The second-order valence-electron chi connectivity index (χ2n) is 5.34. The van der Waals surface area contributed by atoms with Gasteiger partial charge in [-0.3, -0.25) is 10.1 Å². The average Bonchev–Trinajstić information content (AvgIpc) is 2.57. The highest BCUT2D eigenvalue weighted by molar-refractivity contribution is 5.67. The molecular weight excluding hydrogens is 322 g/mol. The monoisotopic (exact) mass is 337 g/mol. The molecule has 0 amide bonds. The number of ether oxygens (including phenoxy) is 1. The highest BCUT2D eigenvalue weighted by atomic mass is 16.6. The highest BCUT2D eigenvalue weighted by Crippen LogP contribution is 2.35. The molecule has 1 aromatic carbocycles. The zero-order valence-electron chi connectivity index (χ0n) is 13.6. The fraction of sp³-hybridized carbons (Fsp3) is 0.118. The molecule has 0 aliphatic heterocycles. The van der Waals surface area contributed by atoms with E-state index in [9.17, 15) is 10.1 Å². The summed E-state index contributed by atoms with van der Waals surface area (Å²) in [6.45, 7) is 3.76. The first kappa shape index (κ1) is 16.3. The van der Waals surface area contributed by atoms with Crippen molar-refractivity contribution >= 4 is 17.3 Å². The second kappa shape index (κ2) is 6.91. The first-order chi connectivity index (χ1) is 12.0. The van der Waals surface area contributed by atoms with Gasteiger partial charge in [-0.1, -0.05) is 23.8 Å². The summed E-state index contributed by atoms with van der Waals surface area (Å²) in [6, 6.07) is 12.4. The molecule has 0 bridgehead atoms. The predicted octanol–water partition coefficient (Wildman–Crippen LogP) is 3.93. The first-order valence-electron chi connectivity index (χ1n) is 7.47. The molecule has 0 fully saturated rings. The largest absolute Gasteiger partial charge is 0.434 e. The number of nitro groups is 1. The number of nitrogens with one attached hydrogen (secondary N) is 1. The van der Waals surface area contributed by atoms with Crippen molar-refractivity contribution in [2.24, 2.45) is 0 Å². The smallest absolute Gasteiger partial charge is 0.373 e. The van der Waals surface area contributed by atoms with Crippen LogP contribution in [0.25, 0.3) is 0 Å². The van der Waals surface area contributed by atoms with Crippen molar-refractivity contribution in [3.05, 3.63) is 70.2 Å². The van der Waals surface area contributed by atoms with E-state index in [0.717, 1.165) is 11.3 Å². The zero-order chi connectivity index (χ0) is 17.8. The van der Waals surface area contributed by atoms with Gasteiger partial charge in [0.25, 0.3) is 0 Å². The van der Waals surface area contributed by atoms with Gasteiger partial charge in [0.15, 0.2) is 0 Å². The molecule has 126 valence electrons. The molecule has 25 heavy (non-hydrogen) atoms. The molecule has 0 saturated carbocycles. The van der Waals surface area contributed by atoms with Crippen LogP contribution >= 0.6 is 0 Å². The number of aryl methyl sites for hydroxylation is 2. The van der Waals surface area contributed by atoms with Crippen LogP contribution in [-0.4, -0.2) is 19.9 Å². The normalized spacial score (nSPS) is 10.3. The van der Waals surface area contributed by atoms with E-state index in [0.29, 0.717) is 11.6 Å². The van der Waals surface area contributed by atoms with Gasteiger partial charge in [0.2, 0.25) is 5.82 Å². The molecule has 0 unspecified atom stereocenters. The van der Waals surface area contributed by atoms with Gasteiger partial charge < -0.3 is 10.1 Å². The maximum absolute atomic E-state index is 11.5. The van der Waals surface area contributed by atoms with E-state index in [4.69, 9.17) is 4.74 Å². The van der Waals surface area contributed by atoms with Gasteiger partial charge in [0.1, 0.15) is 17.9 Å². The number of nitrogens with zero attached hydrogens (tertiary/aromatic N) is 4. The van der Waals surface area contributed by atoms with Crippen LogP contribution in [0.1, 0.15) is 11.3 Å². The van der Waals surface area contributed by atoms with E-state index in [1.807, 2.05) is 32.0 Å². The number of hydrogen-bond acceptors (Lipinski definition) is 7. The molecule has 0 spiro atoms. The van der Waals surface area contributed by atoms with Crippen molar-refractivity contribution in [3.8, 4) is 11.6 Å². The van der Waals surface area contributed by atoms with Crippen molar-refractivity contribution in [1.29, 1.82) is 0 Å². The van der Waals surface area contributed by atoms with Crippen molar-refractivity contribution < 1.29 is 9.66 Å². The molecule has 8 heteroatoms. The van der Waals surface area contributed by atoms with Crippen molar-refractivity contribution in [2.45, 2.75) is 13.8 Å². The standard InChI is InChI=1S/C17H15N5O3/c1-11-6-8-13(9-7-11)25-17-15(22(23)24)16(18-10-19-17)21-14-5-3-4-12(2)20-14/h3-10H,1-2H3,(H,18,19,20,21). The summed E-state index contributed by atoms with van der Waals surface area (Å²) >= 11 is 0. The lowest BCUT2D eigenvalue weighted by molar-refractivity contribution is -0.385. The van der Waals surface area contributed by atoms with E-state index in [1.165, 1.54) is 6.33 Å². The fourth-order valence-electron chi connectivity index (χ4n) is 2.15. The lowest BCUT2D eigenvalue weighted by Gasteiger charge is -2.09. The van der Waals surface area contributed by atoms with Crippen LogP contribution in [0.2, 0.25) is 0 Å². The van der Waals surface area contributed by atoms with E-state index in [1.54, 1.807) is 24.3 Å². The Morgan fingerprint density at radius 1 is 1.08 bits per heavy atom. The van der Waals surface area contributed by atoms with E-state index in [-0.39, 0.29) is 17.4 Å². The maximum Gasteiger partial charge on any atom is 0.373 e. The molecule has 3 rings (SSSR count). The Balaban J connectivity index is 1.96. The third kappa shape index (κ3) is 3.86. The van der Waals surface area contributed by atoms with Gasteiger partial charge in [0, 0.05) is 5.69 Å².